The van der Waals surface area contributed by atoms with Gasteiger partial charge in [0.25, 0.3) is 5.91 Å². The molecule has 6 heteroatoms. The van der Waals surface area contributed by atoms with E-state index in [-0.39, 0.29) is 18.8 Å². The van der Waals surface area contributed by atoms with E-state index in [1.807, 2.05) is 27.0 Å². The van der Waals surface area contributed by atoms with Crippen molar-refractivity contribution in [2.75, 3.05) is 32.2 Å². The van der Waals surface area contributed by atoms with Crippen LogP contribution in [0.15, 0.2) is 12.1 Å². The maximum absolute atomic E-state index is 12.4. The summed E-state index contributed by atoms with van der Waals surface area (Å²) in [5.74, 6) is 1.24. The van der Waals surface area contributed by atoms with Crippen molar-refractivity contribution in [2.24, 2.45) is 0 Å². The average molecular weight is 292 g/mol. The van der Waals surface area contributed by atoms with Gasteiger partial charge in [0.2, 0.25) is 6.79 Å². The molecule has 2 atom stereocenters. The molecule has 2 aliphatic heterocycles. The maximum Gasteiger partial charge on any atom is 0.254 e. The van der Waals surface area contributed by atoms with Gasteiger partial charge >= 0.3 is 0 Å². The molecule has 0 saturated carbocycles. The number of carbonyl (C=O) groups excluding carboxylic acids is 1. The largest absolute Gasteiger partial charge is 0.454 e. The Hall–Kier alpha value is -1.79. The summed E-state index contributed by atoms with van der Waals surface area (Å²) < 4.78 is 16.4. The second-order valence-corrected chi connectivity index (χ2v) is 5.67. The third-order valence-corrected chi connectivity index (χ3v) is 3.71. The molecule has 1 N–H and O–H groups in total. The molecule has 0 spiro atoms. The number of benzene rings is 1. The van der Waals surface area contributed by atoms with Gasteiger partial charge in [-0.25, -0.2) is 0 Å². The molecule has 1 saturated heterocycles. The Kier molecular flexibility index (Phi) is 3.73. The predicted octanol–water partition coefficient (Wildman–Crippen LogP) is 1.38. The van der Waals surface area contributed by atoms with Crippen LogP contribution in [0.1, 0.15) is 12.5 Å². The van der Waals surface area contributed by atoms with Crippen molar-refractivity contribution in [1.82, 2.24) is 4.90 Å². The van der Waals surface area contributed by atoms with Gasteiger partial charge in [-0.1, -0.05) is 0 Å². The molecule has 1 fully saturated rings. The molecule has 0 radical (unpaired) electrons. The lowest BCUT2D eigenvalue weighted by atomic mass is 10.1. The van der Waals surface area contributed by atoms with Crippen LogP contribution in [0, 0.1) is 6.92 Å². The number of morpholine rings is 1. The van der Waals surface area contributed by atoms with Crippen LogP contribution in [0.4, 0.5) is 5.69 Å². The van der Waals surface area contributed by atoms with Crippen molar-refractivity contribution >= 4 is 11.6 Å². The molecule has 3 rings (SSSR count). The molecule has 2 aliphatic rings. The molecule has 1 aromatic rings. The van der Waals surface area contributed by atoms with Gasteiger partial charge in [-0.05, 0) is 32.5 Å². The number of fused-ring (bicyclic) bond motifs is 1. The molecule has 6 nitrogen and oxygen atoms in total. The standard InChI is InChI=1S/C15H20N2O4/c1-9-4-12-13(20-8-19-12)5-11(9)16-15(18)14-7-17(3)6-10(2)21-14/h4-5,10,14H,6-8H2,1-3H3,(H,16,18). The number of nitrogens with one attached hydrogen (secondary N) is 1. The van der Waals surface area contributed by atoms with E-state index >= 15 is 0 Å². The van der Waals surface area contributed by atoms with Crippen molar-refractivity contribution in [3.8, 4) is 11.5 Å². The van der Waals surface area contributed by atoms with Crippen LogP contribution >= 0.6 is 0 Å². The topological polar surface area (TPSA) is 60.0 Å². The molecule has 0 aliphatic carbocycles. The van der Waals surface area contributed by atoms with Gasteiger partial charge in [0.05, 0.1) is 6.10 Å². The summed E-state index contributed by atoms with van der Waals surface area (Å²) >= 11 is 0. The number of aryl methyl sites for hydroxylation is 1. The monoisotopic (exact) mass is 292 g/mol. The number of nitrogens with zero attached hydrogens (tertiary/aromatic N) is 1. The van der Waals surface area contributed by atoms with Gasteiger partial charge < -0.3 is 24.4 Å². The van der Waals surface area contributed by atoms with Crippen LogP contribution in [-0.4, -0.2) is 49.9 Å². The molecule has 114 valence electrons. The van der Waals surface area contributed by atoms with Crippen LogP contribution in [-0.2, 0) is 9.53 Å². The van der Waals surface area contributed by atoms with Crippen LogP contribution in [0.3, 0.4) is 0 Å². The third-order valence-electron chi connectivity index (χ3n) is 3.71. The number of likely N-dealkylation sites (N-methyl/N-ethyl adjacent to an activating group) is 1. The van der Waals surface area contributed by atoms with Crippen LogP contribution < -0.4 is 14.8 Å². The van der Waals surface area contributed by atoms with Crippen molar-refractivity contribution in [3.63, 3.8) is 0 Å². The van der Waals surface area contributed by atoms with Gasteiger partial charge in [-0.2, -0.15) is 0 Å². The van der Waals surface area contributed by atoms with Gasteiger partial charge in [-0.3, -0.25) is 4.79 Å². The van der Waals surface area contributed by atoms with Gasteiger partial charge in [-0.15, -0.1) is 0 Å². The number of hydrogen-bond acceptors (Lipinski definition) is 5. The summed E-state index contributed by atoms with van der Waals surface area (Å²) in [7, 11) is 1.99. The van der Waals surface area contributed by atoms with E-state index in [0.29, 0.717) is 18.0 Å². The van der Waals surface area contributed by atoms with E-state index in [4.69, 9.17) is 14.2 Å². The summed E-state index contributed by atoms with van der Waals surface area (Å²) in [5, 5.41) is 2.92. The Morgan fingerprint density at radius 2 is 2.00 bits per heavy atom. The lowest BCUT2D eigenvalue weighted by Gasteiger charge is -2.33. The van der Waals surface area contributed by atoms with Crippen molar-refractivity contribution < 1.29 is 19.0 Å². The van der Waals surface area contributed by atoms with Gasteiger partial charge in [0, 0.05) is 24.8 Å². The molecule has 2 unspecified atom stereocenters. The first-order valence-corrected chi connectivity index (χ1v) is 7.08. The molecule has 1 aromatic carbocycles. The smallest absolute Gasteiger partial charge is 0.254 e. The zero-order valence-corrected chi connectivity index (χ0v) is 12.5. The van der Waals surface area contributed by atoms with E-state index in [0.717, 1.165) is 17.8 Å². The number of amides is 1. The molecule has 0 aromatic heterocycles. The Morgan fingerprint density at radius 3 is 2.71 bits per heavy atom. The van der Waals surface area contributed by atoms with Crippen molar-refractivity contribution in [3.05, 3.63) is 17.7 Å². The fourth-order valence-corrected chi connectivity index (χ4v) is 2.70. The minimum atomic E-state index is -0.455. The molecular formula is C15H20N2O4. The zero-order chi connectivity index (χ0) is 15.0. The minimum absolute atomic E-state index is 0.0531. The average Bonchev–Trinajstić information content (AvgIpc) is 2.85. The first-order valence-electron chi connectivity index (χ1n) is 7.08. The quantitative estimate of drug-likeness (QED) is 0.892. The SMILES string of the molecule is Cc1cc2c(cc1NC(=O)C1CN(C)CC(C)O1)OCO2. The Morgan fingerprint density at radius 1 is 1.29 bits per heavy atom. The molecule has 1 amide bonds. The number of carbonyl (C=O) groups is 1. The van der Waals surface area contributed by atoms with Crippen LogP contribution in [0.5, 0.6) is 11.5 Å². The first kappa shape index (κ1) is 14.2. The van der Waals surface area contributed by atoms with E-state index in [1.165, 1.54) is 0 Å². The highest BCUT2D eigenvalue weighted by Crippen LogP contribution is 2.36. The Balaban J connectivity index is 1.73. The third kappa shape index (κ3) is 2.96. The van der Waals surface area contributed by atoms with E-state index in [9.17, 15) is 4.79 Å². The lowest BCUT2D eigenvalue weighted by molar-refractivity contribution is -0.139. The number of rotatable bonds is 2. The number of hydrogen-bond donors (Lipinski definition) is 1. The first-order chi connectivity index (χ1) is 10.0. The summed E-state index contributed by atoms with van der Waals surface area (Å²) in [6.07, 6.45) is -0.402. The van der Waals surface area contributed by atoms with E-state index in [2.05, 4.69) is 10.2 Å². The van der Waals surface area contributed by atoms with Gasteiger partial charge in [0.1, 0.15) is 6.10 Å². The summed E-state index contributed by atoms with van der Waals surface area (Å²) in [6.45, 7) is 5.56. The fourth-order valence-electron chi connectivity index (χ4n) is 2.70. The maximum atomic E-state index is 12.4. The second-order valence-electron chi connectivity index (χ2n) is 5.67. The predicted molar refractivity (Wildman–Crippen MR) is 77.8 cm³/mol. The molecule has 21 heavy (non-hydrogen) atoms. The highest BCUT2D eigenvalue weighted by molar-refractivity contribution is 5.95. The van der Waals surface area contributed by atoms with Crippen molar-refractivity contribution in [2.45, 2.75) is 26.1 Å². The van der Waals surface area contributed by atoms with E-state index in [1.54, 1.807) is 6.07 Å². The molecule has 2 heterocycles. The van der Waals surface area contributed by atoms with Crippen molar-refractivity contribution in [1.29, 1.82) is 0 Å². The van der Waals surface area contributed by atoms with Crippen LogP contribution in [0.2, 0.25) is 0 Å². The fraction of sp³-hybridized carbons (Fsp3) is 0.533. The van der Waals surface area contributed by atoms with Crippen LogP contribution in [0.25, 0.3) is 0 Å². The summed E-state index contributed by atoms with van der Waals surface area (Å²) in [4.78, 5) is 14.5. The molecule has 0 bridgehead atoms. The normalized spacial score (nSPS) is 24.9. The second kappa shape index (κ2) is 5.54. The molecular weight excluding hydrogens is 272 g/mol. The minimum Gasteiger partial charge on any atom is -0.454 e. The summed E-state index contributed by atoms with van der Waals surface area (Å²) in [5.41, 5.74) is 1.67. The zero-order valence-electron chi connectivity index (χ0n) is 12.5. The number of anilines is 1. The highest BCUT2D eigenvalue weighted by atomic mass is 16.7. The Bertz CT molecular complexity index is 551. The van der Waals surface area contributed by atoms with Gasteiger partial charge in [0.15, 0.2) is 11.5 Å². The Labute approximate surface area is 124 Å². The van der Waals surface area contributed by atoms with E-state index < -0.39 is 6.10 Å². The highest BCUT2D eigenvalue weighted by Gasteiger charge is 2.29. The number of ether oxygens (including phenoxy) is 3. The summed E-state index contributed by atoms with van der Waals surface area (Å²) in [6, 6.07) is 3.67. The lowest BCUT2D eigenvalue weighted by Crippen LogP contribution is -2.49.